The minimum absolute atomic E-state index is 0.00614. The van der Waals surface area contributed by atoms with Crippen molar-refractivity contribution in [2.24, 2.45) is 0 Å². The average Bonchev–Trinajstić information content (AvgIpc) is 3.13. The van der Waals surface area contributed by atoms with Gasteiger partial charge in [-0.1, -0.05) is 49.1 Å². The number of imidazole rings is 1. The van der Waals surface area contributed by atoms with Gasteiger partial charge in [0.25, 0.3) is 5.91 Å². The lowest BCUT2D eigenvalue weighted by Gasteiger charge is -2.23. The highest BCUT2D eigenvalue weighted by molar-refractivity contribution is 5.94. The van der Waals surface area contributed by atoms with Crippen LogP contribution in [0.15, 0.2) is 48.5 Å². The molecule has 1 fully saturated rings. The monoisotopic (exact) mass is 418 g/mol. The first-order valence-electron chi connectivity index (χ1n) is 11.1. The molecule has 4 rings (SSSR count). The highest BCUT2D eigenvalue weighted by atomic mass is 16.2. The van der Waals surface area contributed by atoms with Crippen molar-refractivity contribution in [1.29, 1.82) is 0 Å². The maximum Gasteiger partial charge on any atom is 0.251 e. The molecule has 31 heavy (non-hydrogen) atoms. The normalized spacial score (nSPS) is 15.5. The first kappa shape index (κ1) is 21.1. The molecule has 1 aliphatic carbocycles. The molecule has 1 heterocycles. The summed E-state index contributed by atoms with van der Waals surface area (Å²) in [5.74, 6) is 0.520. The number of nitrogens with one attached hydrogen (secondary N) is 2. The summed E-state index contributed by atoms with van der Waals surface area (Å²) < 4.78 is 1.92. The molecule has 1 atom stereocenters. The largest absolute Gasteiger partial charge is 0.352 e. The van der Waals surface area contributed by atoms with E-state index >= 15 is 0 Å². The number of hydrogen-bond acceptors (Lipinski definition) is 3. The predicted molar refractivity (Wildman–Crippen MR) is 122 cm³/mol. The summed E-state index contributed by atoms with van der Waals surface area (Å²) in [4.78, 5) is 30.3. The van der Waals surface area contributed by atoms with Crippen molar-refractivity contribution in [3.05, 3.63) is 65.5 Å². The van der Waals surface area contributed by atoms with Gasteiger partial charge >= 0.3 is 0 Å². The average molecular weight is 419 g/mol. The molecule has 2 amide bonds. The zero-order chi connectivity index (χ0) is 21.8. The van der Waals surface area contributed by atoms with E-state index in [-0.39, 0.29) is 30.4 Å². The van der Waals surface area contributed by atoms with Crippen LogP contribution in [0.3, 0.4) is 0 Å². The Labute approximate surface area is 183 Å². The SMILES string of the molecule is Cc1ccc(C(=O)N[C@H](C)c2nc3ccccc3n2CC(=O)NC2CCCCC2)cc1. The van der Waals surface area contributed by atoms with Gasteiger partial charge in [0.05, 0.1) is 17.1 Å². The van der Waals surface area contributed by atoms with E-state index in [0.717, 1.165) is 29.4 Å². The lowest BCUT2D eigenvalue weighted by atomic mass is 9.95. The fraction of sp³-hybridized carbons (Fsp3) is 0.400. The van der Waals surface area contributed by atoms with Gasteiger partial charge in [0.2, 0.25) is 5.91 Å². The Hall–Kier alpha value is -3.15. The maximum atomic E-state index is 12.8. The minimum Gasteiger partial charge on any atom is -0.352 e. The first-order valence-corrected chi connectivity index (χ1v) is 11.1. The van der Waals surface area contributed by atoms with Gasteiger partial charge in [0, 0.05) is 11.6 Å². The molecule has 6 nitrogen and oxygen atoms in total. The van der Waals surface area contributed by atoms with Crippen LogP contribution in [0.1, 0.15) is 66.8 Å². The summed E-state index contributed by atoms with van der Waals surface area (Å²) in [6, 6.07) is 15.2. The second kappa shape index (κ2) is 9.33. The number of nitrogens with zero attached hydrogens (tertiary/aromatic N) is 2. The molecule has 0 spiro atoms. The summed E-state index contributed by atoms with van der Waals surface area (Å²) in [6.45, 7) is 4.09. The number of hydrogen-bond donors (Lipinski definition) is 2. The Balaban J connectivity index is 1.54. The number of fused-ring (bicyclic) bond motifs is 1. The topological polar surface area (TPSA) is 76.0 Å². The predicted octanol–water partition coefficient (Wildman–Crippen LogP) is 4.28. The lowest BCUT2D eigenvalue weighted by molar-refractivity contribution is -0.122. The number of carbonyl (C=O) groups is 2. The van der Waals surface area contributed by atoms with E-state index in [4.69, 9.17) is 4.98 Å². The van der Waals surface area contributed by atoms with Gasteiger partial charge in [0.15, 0.2) is 0 Å². The molecular formula is C25H30N4O2. The van der Waals surface area contributed by atoms with Gasteiger partial charge in [0.1, 0.15) is 12.4 Å². The lowest BCUT2D eigenvalue weighted by Crippen LogP contribution is -2.38. The molecule has 162 valence electrons. The fourth-order valence-electron chi connectivity index (χ4n) is 4.30. The van der Waals surface area contributed by atoms with Crippen molar-refractivity contribution in [2.45, 2.75) is 64.6 Å². The Morgan fingerprint density at radius 1 is 1.06 bits per heavy atom. The van der Waals surface area contributed by atoms with Gasteiger partial charge in [-0.25, -0.2) is 4.98 Å². The molecular weight excluding hydrogens is 388 g/mol. The summed E-state index contributed by atoms with van der Waals surface area (Å²) in [5.41, 5.74) is 3.43. The van der Waals surface area contributed by atoms with Crippen LogP contribution in [-0.2, 0) is 11.3 Å². The quantitative estimate of drug-likeness (QED) is 0.627. The molecule has 1 saturated carbocycles. The smallest absolute Gasteiger partial charge is 0.251 e. The minimum atomic E-state index is -0.344. The van der Waals surface area contributed by atoms with Gasteiger partial charge in [-0.05, 0) is 51.0 Å². The summed E-state index contributed by atoms with van der Waals surface area (Å²) >= 11 is 0. The zero-order valence-electron chi connectivity index (χ0n) is 18.2. The van der Waals surface area contributed by atoms with Crippen LogP contribution in [0.2, 0.25) is 0 Å². The van der Waals surface area contributed by atoms with Crippen molar-refractivity contribution in [3.8, 4) is 0 Å². The van der Waals surface area contributed by atoms with E-state index in [1.54, 1.807) is 0 Å². The number of amides is 2. The zero-order valence-corrected chi connectivity index (χ0v) is 18.2. The number of benzene rings is 2. The second-order valence-electron chi connectivity index (χ2n) is 8.51. The van der Waals surface area contributed by atoms with E-state index in [1.165, 1.54) is 19.3 Å². The summed E-state index contributed by atoms with van der Waals surface area (Å²) in [7, 11) is 0. The molecule has 0 bridgehead atoms. The standard InChI is InChI=1S/C25H30N4O2/c1-17-12-14-19(15-13-17)25(31)26-18(2)24-28-21-10-6-7-11-22(21)29(24)16-23(30)27-20-8-4-3-5-9-20/h6-7,10-15,18,20H,3-5,8-9,16H2,1-2H3,(H,26,31)(H,27,30)/t18-/m1/s1. The molecule has 0 saturated heterocycles. The van der Waals surface area contributed by atoms with Crippen molar-refractivity contribution in [3.63, 3.8) is 0 Å². The van der Waals surface area contributed by atoms with E-state index in [2.05, 4.69) is 10.6 Å². The summed E-state index contributed by atoms with van der Waals surface area (Å²) in [6.07, 6.45) is 5.69. The molecule has 2 N–H and O–H groups in total. The third-order valence-electron chi connectivity index (χ3n) is 6.00. The highest BCUT2D eigenvalue weighted by Crippen LogP contribution is 2.22. The number of carbonyl (C=O) groups excluding carboxylic acids is 2. The molecule has 1 aliphatic rings. The van der Waals surface area contributed by atoms with Crippen molar-refractivity contribution in [1.82, 2.24) is 20.2 Å². The van der Waals surface area contributed by atoms with Crippen molar-refractivity contribution in [2.75, 3.05) is 0 Å². The Morgan fingerprint density at radius 2 is 1.77 bits per heavy atom. The van der Waals surface area contributed by atoms with Crippen molar-refractivity contribution < 1.29 is 9.59 Å². The van der Waals surface area contributed by atoms with E-state index < -0.39 is 0 Å². The fourth-order valence-corrected chi connectivity index (χ4v) is 4.30. The molecule has 2 aromatic carbocycles. The number of para-hydroxylation sites is 2. The van der Waals surface area contributed by atoms with Crippen LogP contribution in [0, 0.1) is 6.92 Å². The number of aromatic nitrogens is 2. The maximum absolute atomic E-state index is 12.8. The molecule has 0 aliphatic heterocycles. The van der Waals surface area contributed by atoms with E-state index in [9.17, 15) is 9.59 Å². The molecule has 3 aromatic rings. The first-order chi connectivity index (χ1) is 15.0. The van der Waals surface area contributed by atoms with Crippen LogP contribution in [0.25, 0.3) is 11.0 Å². The summed E-state index contributed by atoms with van der Waals surface area (Å²) in [5, 5.41) is 6.22. The Morgan fingerprint density at radius 3 is 2.52 bits per heavy atom. The molecule has 0 radical (unpaired) electrons. The van der Waals surface area contributed by atoms with Gasteiger partial charge in [-0.2, -0.15) is 0 Å². The third-order valence-corrected chi connectivity index (χ3v) is 6.00. The van der Waals surface area contributed by atoms with Gasteiger partial charge < -0.3 is 15.2 Å². The molecule has 6 heteroatoms. The van der Waals surface area contributed by atoms with Gasteiger partial charge in [-0.3, -0.25) is 9.59 Å². The van der Waals surface area contributed by atoms with E-state index in [1.807, 2.05) is 66.9 Å². The third kappa shape index (κ3) is 4.95. The molecule has 0 unspecified atom stereocenters. The van der Waals surface area contributed by atoms with Crippen LogP contribution < -0.4 is 10.6 Å². The number of aryl methyl sites for hydroxylation is 1. The van der Waals surface area contributed by atoms with Crippen molar-refractivity contribution >= 4 is 22.8 Å². The van der Waals surface area contributed by atoms with Crippen LogP contribution >= 0.6 is 0 Å². The molecule has 1 aromatic heterocycles. The van der Waals surface area contributed by atoms with Gasteiger partial charge in [-0.15, -0.1) is 0 Å². The highest BCUT2D eigenvalue weighted by Gasteiger charge is 2.22. The Bertz CT molecular complexity index is 1060. The van der Waals surface area contributed by atoms with Crippen LogP contribution in [0.5, 0.6) is 0 Å². The Kier molecular flexibility index (Phi) is 6.35. The van der Waals surface area contributed by atoms with Crippen LogP contribution in [-0.4, -0.2) is 27.4 Å². The second-order valence-corrected chi connectivity index (χ2v) is 8.51. The van der Waals surface area contributed by atoms with E-state index in [0.29, 0.717) is 11.4 Å². The number of rotatable bonds is 6. The van der Waals surface area contributed by atoms with Crippen LogP contribution in [0.4, 0.5) is 0 Å².